The van der Waals surface area contributed by atoms with Gasteiger partial charge in [0.15, 0.2) is 0 Å². The van der Waals surface area contributed by atoms with Crippen LogP contribution in [-0.2, 0) is 6.18 Å². The van der Waals surface area contributed by atoms with Crippen molar-refractivity contribution in [3.8, 4) is 11.4 Å². The molecular weight excluding hydrogens is 288 g/mol. The summed E-state index contributed by atoms with van der Waals surface area (Å²) in [5.74, 6) is -1.28. The summed E-state index contributed by atoms with van der Waals surface area (Å²) in [5, 5.41) is 0. The Bertz CT molecular complexity index is 720. The van der Waals surface area contributed by atoms with Crippen molar-refractivity contribution in [2.24, 2.45) is 0 Å². The van der Waals surface area contributed by atoms with E-state index in [2.05, 4.69) is 9.97 Å². The number of benzene rings is 1. The highest BCUT2D eigenvalue weighted by molar-refractivity contribution is 5.61. The third-order valence-electron chi connectivity index (χ3n) is 2.90. The number of nitrogens with zero attached hydrogens (tertiary/aromatic N) is 1. The first-order chi connectivity index (χ1) is 9.68. The van der Waals surface area contributed by atoms with Gasteiger partial charge in [-0.25, -0.2) is 9.37 Å². The molecule has 7 heteroatoms. The van der Waals surface area contributed by atoms with Gasteiger partial charge in [0.2, 0.25) is 0 Å². The molecule has 0 aliphatic rings. The van der Waals surface area contributed by atoms with Crippen LogP contribution >= 0.6 is 0 Å². The monoisotopic (exact) mass is 300 g/mol. The molecule has 3 nitrogen and oxygen atoms in total. The maximum atomic E-state index is 13.3. The zero-order valence-corrected chi connectivity index (χ0v) is 11.3. The minimum atomic E-state index is -4.67. The van der Waals surface area contributed by atoms with Crippen molar-refractivity contribution in [1.82, 2.24) is 9.97 Å². The van der Waals surface area contributed by atoms with Crippen molar-refractivity contribution < 1.29 is 17.6 Å². The Balaban J connectivity index is 2.72. The molecule has 0 fully saturated rings. The standard InChI is InChI=1S/C14H12F4N2O/c1-7(2)11-6-12(21)20-13(19-11)9-5-8(15)3-4-10(9)14(16,17)18/h3-7H,1-2H3,(H,19,20,21). The Morgan fingerprint density at radius 2 is 1.86 bits per heavy atom. The average Bonchev–Trinajstić information content (AvgIpc) is 2.36. The Hall–Kier alpha value is -2.18. The molecule has 1 aromatic carbocycles. The molecule has 0 bridgehead atoms. The summed E-state index contributed by atoms with van der Waals surface area (Å²) in [4.78, 5) is 17.8. The minimum absolute atomic E-state index is 0.144. The molecule has 1 heterocycles. The summed E-state index contributed by atoms with van der Waals surface area (Å²) in [6.07, 6.45) is -4.67. The van der Waals surface area contributed by atoms with Crippen molar-refractivity contribution in [2.75, 3.05) is 0 Å². The maximum absolute atomic E-state index is 13.3. The number of alkyl halides is 3. The fourth-order valence-electron chi connectivity index (χ4n) is 1.86. The van der Waals surface area contributed by atoms with Gasteiger partial charge in [-0.3, -0.25) is 4.79 Å². The average molecular weight is 300 g/mol. The third kappa shape index (κ3) is 3.29. The van der Waals surface area contributed by atoms with E-state index >= 15 is 0 Å². The first kappa shape index (κ1) is 15.2. The quantitative estimate of drug-likeness (QED) is 0.859. The molecule has 0 radical (unpaired) electrons. The second kappa shape index (κ2) is 5.31. The minimum Gasteiger partial charge on any atom is -0.307 e. The Morgan fingerprint density at radius 3 is 2.43 bits per heavy atom. The molecule has 1 aromatic heterocycles. The van der Waals surface area contributed by atoms with E-state index < -0.39 is 28.7 Å². The van der Waals surface area contributed by atoms with Crippen LogP contribution in [-0.4, -0.2) is 9.97 Å². The van der Waals surface area contributed by atoms with Gasteiger partial charge in [-0.2, -0.15) is 13.2 Å². The van der Waals surface area contributed by atoms with Gasteiger partial charge in [0.25, 0.3) is 5.56 Å². The molecule has 2 rings (SSSR count). The predicted molar refractivity (Wildman–Crippen MR) is 69.3 cm³/mol. The lowest BCUT2D eigenvalue weighted by Crippen LogP contribution is -2.14. The van der Waals surface area contributed by atoms with E-state index in [1.54, 1.807) is 13.8 Å². The highest BCUT2D eigenvalue weighted by atomic mass is 19.4. The van der Waals surface area contributed by atoms with Crippen molar-refractivity contribution >= 4 is 0 Å². The molecule has 1 N–H and O–H groups in total. The van der Waals surface area contributed by atoms with E-state index in [-0.39, 0.29) is 11.7 Å². The largest absolute Gasteiger partial charge is 0.417 e. The number of halogens is 4. The van der Waals surface area contributed by atoms with Crippen molar-refractivity contribution in [2.45, 2.75) is 25.9 Å². The number of aromatic amines is 1. The molecule has 0 saturated heterocycles. The number of hydrogen-bond donors (Lipinski definition) is 1. The van der Waals surface area contributed by atoms with Crippen LogP contribution in [0.2, 0.25) is 0 Å². The maximum Gasteiger partial charge on any atom is 0.417 e. The number of hydrogen-bond acceptors (Lipinski definition) is 2. The molecule has 2 aromatic rings. The van der Waals surface area contributed by atoms with E-state index in [0.29, 0.717) is 17.8 Å². The topological polar surface area (TPSA) is 45.8 Å². The summed E-state index contributed by atoms with van der Waals surface area (Å²) >= 11 is 0. The first-order valence-electron chi connectivity index (χ1n) is 6.17. The third-order valence-corrected chi connectivity index (χ3v) is 2.90. The lowest BCUT2D eigenvalue weighted by Gasteiger charge is -2.13. The van der Waals surface area contributed by atoms with Gasteiger partial charge in [-0.1, -0.05) is 13.8 Å². The van der Waals surface area contributed by atoms with Crippen LogP contribution in [0.25, 0.3) is 11.4 Å². The molecule has 0 saturated carbocycles. The van der Waals surface area contributed by atoms with Crippen LogP contribution < -0.4 is 5.56 Å². The second-order valence-corrected chi connectivity index (χ2v) is 4.86. The Kier molecular flexibility index (Phi) is 3.85. The number of nitrogens with one attached hydrogen (secondary N) is 1. The molecular formula is C14H12F4N2O. The highest BCUT2D eigenvalue weighted by Gasteiger charge is 2.34. The van der Waals surface area contributed by atoms with E-state index in [1.165, 1.54) is 6.07 Å². The summed E-state index contributed by atoms with van der Waals surface area (Å²) in [7, 11) is 0. The van der Waals surface area contributed by atoms with Crippen LogP contribution in [0.4, 0.5) is 17.6 Å². The summed E-state index contributed by atoms with van der Waals surface area (Å²) in [5.41, 5.74) is -1.78. The molecule has 0 aliphatic carbocycles. The molecule has 0 amide bonds. The van der Waals surface area contributed by atoms with Crippen molar-refractivity contribution in [3.63, 3.8) is 0 Å². The summed E-state index contributed by atoms with van der Waals surface area (Å²) in [6.45, 7) is 3.50. The van der Waals surface area contributed by atoms with Crippen LogP contribution in [0.15, 0.2) is 29.1 Å². The number of rotatable bonds is 2. The van der Waals surface area contributed by atoms with E-state index in [1.807, 2.05) is 0 Å². The molecule has 0 atom stereocenters. The molecule has 0 spiro atoms. The Labute approximate surface area is 117 Å². The molecule has 0 unspecified atom stereocenters. The molecule has 0 aliphatic heterocycles. The van der Waals surface area contributed by atoms with Crippen molar-refractivity contribution in [1.29, 1.82) is 0 Å². The van der Waals surface area contributed by atoms with Crippen LogP contribution in [0.5, 0.6) is 0 Å². The Morgan fingerprint density at radius 1 is 1.19 bits per heavy atom. The van der Waals surface area contributed by atoms with Gasteiger partial charge in [-0.15, -0.1) is 0 Å². The van der Waals surface area contributed by atoms with E-state index in [4.69, 9.17) is 0 Å². The SMILES string of the molecule is CC(C)c1cc(=O)[nH]c(-c2cc(F)ccc2C(F)(F)F)n1. The zero-order chi connectivity index (χ0) is 15.8. The van der Waals surface area contributed by atoms with Crippen LogP contribution in [0.1, 0.15) is 31.0 Å². The number of aromatic nitrogens is 2. The molecule has 21 heavy (non-hydrogen) atoms. The zero-order valence-electron chi connectivity index (χ0n) is 11.3. The fourth-order valence-corrected chi connectivity index (χ4v) is 1.86. The second-order valence-electron chi connectivity index (χ2n) is 4.86. The highest BCUT2D eigenvalue weighted by Crippen LogP contribution is 2.36. The van der Waals surface area contributed by atoms with Gasteiger partial charge in [-0.05, 0) is 24.1 Å². The van der Waals surface area contributed by atoms with Gasteiger partial charge < -0.3 is 4.98 Å². The lowest BCUT2D eigenvalue weighted by atomic mass is 10.1. The van der Waals surface area contributed by atoms with Crippen LogP contribution in [0.3, 0.4) is 0 Å². The predicted octanol–water partition coefficient (Wildman–Crippen LogP) is 3.72. The van der Waals surface area contributed by atoms with E-state index in [0.717, 1.165) is 6.07 Å². The number of H-pyrrole nitrogens is 1. The van der Waals surface area contributed by atoms with Gasteiger partial charge >= 0.3 is 6.18 Å². The van der Waals surface area contributed by atoms with Crippen molar-refractivity contribution in [3.05, 3.63) is 51.7 Å². The fraction of sp³-hybridized carbons (Fsp3) is 0.286. The van der Waals surface area contributed by atoms with Gasteiger partial charge in [0.1, 0.15) is 11.6 Å². The van der Waals surface area contributed by atoms with Crippen LogP contribution in [0, 0.1) is 5.82 Å². The lowest BCUT2D eigenvalue weighted by molar-refractivity contribution is -0.137. The first-order valence-corrected chi connectivity index (χ1v) is 6.17. The smallest absolute Gasteiger partial charge is 0.307 e. The van der Waals surface area contributed by atoms with Gasteiger partial charge in [0.05, 0.1) is 11.3 Å². The normalized spacial score (nSPS) is 12.0. The summed E-state index contributed by atoms with van der Waals surface area (Å²) < 4.78 is 52.2. The summed E-state index contributed by atoms with van der Waals surface area (Å²) in [6, 6.07) is 3.27. The molecule has 112 valence electrons. The van der Waals surface area contributed by atoms with Gasteiger partial charge in [0, 0.05) is 11.6 Å². The van der Waals surface area contributed by atoms with E-state index in [9.17, 15) is 22.4 Å².